The van der Waals surface area contributed by atoms with Crippen molar-refractivity contribution in [2.45, 2.75) is 48.2 Å². The van der Waals surface area contributed by atoms with Crippen molar-refractivity contribution in [2.75, 3.05) is 13.2 Å². The van der Waals surface area contributed by atoms with Crippen molar-refractivity contribution in [1.29, 1.82) is 0 Å². The van der Waals surface area contributed by atoms with Gasteiger partial charge in [0.2, 0.25) is 0 Å². The van der Waals surface area contributed by atoms with Crippen molar-refractivity contribution in [3.63, 3.8) is 0 Å². The molecule has 21 heteroatoms. The maximum atomic E-state index is 13.0. The Labute approximate surface area is 197 Å². The summed E-state index contributed by atoms with van der Waals surface area (Å²) < 4.78 is 187. The molecule has 0 saturated carbocycles. The monoisotopic (exact) mass is 549 g/mol. The van der Waals surface area contributed by atoms with Gasteiger partial charge in [0, 0.05) is 29.6 Å². The summed E-state index contributed by atoms with van der Waals surface area (Å²) in [6.07, 6.45) is -24.1. The Bertz CT molecular complexity index is 783. The van der Waals surface area contributed by atoms with Gasteiger partial charge in [-0.15, -0.1) is 0 Å². The molecule has 0 spiro atoms. The van der Waals surface area contributed by atoms with E-state index in [0.717, 1.165) is 0 Å². The van der Waals surface area contributed by atoms with E-state index in [9.17, 15) is 70.7 Å². The summed E-state index contributed by atoms with van der Waals surface area (Å²) in [6.45, 7) is -5.42. The molecular weight excluding hydrogens is 539 g/mol. The predicted octanol–water partition coefficient (Wildman–Crippen LogP) is 2.41. The van der Waals surface area contributed by atoms with Gasteiger partial charge in [0.1, 0.15) is 0 Å². The molecule has 0 bridgehead atoms. The molecule has 0 aromatic heterocycles. The second kappa shape index (κ2) is 11.6. The van der Waals surface area contributed by atoms with Crippen molar-refractivity contribution in [1.82, 2.24) is 0 Å². The molecule has 0 heterocycles. The van der Waals surface area contributed by atoms with Gasteiger partial charge in [-0.1, -0.05) is 0 Å². The van der Waals surface area contributed by atoms with Gasteiger partial charge in [-0.25, -0.2) is 8.78 Å². The van der Waals surface area contributed by atoms with Gasteiger partial charge >= 0.3 is 36.1 Å². The first-order valence-electron chi connectivity index (χ1n) is 7.38. The van der Waals surface area contributed by atoms with Gasteiger partial charge in [-0.3, -0.25) is 14.1 Å². The minimum Gasteiger partial charge on any atom is -0.459 e. The van der Waals surface area contributed by atoms with Gasteiger partial charge in [0.25, 0.3) is 22.5 Å². The summed E-state index contributed by atoms with van der Waals surface area (Å²) in [5.74, 6) is -15.8. The zero-order chi connectivity index (χ0) is 25.9. The van der Waals surface area contributed by atoms with Crippen LogP contribution in [0.4, 0.5) is 52.7 Å². The van der Waals surface area contributed by atoms with Crippen LogP contribution in [0.25, 0.3) is 0 Å². The zero-order valence-electron chi connectivity index (χ0n) is 15.7. The molecular formula is C12H10F12NaO7S. The Morgan fingerprint density at radius 3 is 1.39 bits per heavy atom. The Kier molecular flexibility index (Phi) is 12.0. The summed E-state index contributed by atoms with van der Waals surface area (Å²) in [7, 11) is -5.85. The van der Waals surface area contributed by atoms with Crippen molar-refractivity contribution in [2.24, 2.45) is 0 Å². The van der Waals surface area contributed by atoms with E-state index in [1.54, 1.807) is 0 Å². The van der Waals surface area contributed by atoms with Crippen LogP contribution in [0.2, 0.25) is 0 Å². The molecule has 0 rings (SSSR count). The number of ether oxygens (including phenoxy) is 2. The molecule has 1 radical (unpaired) electrons. The molecule has 0 aromatic rings. The minimum absolute atomic E-state index is 0. The number of hydrogen-bond donors (Lipinski definition) is 1. The first-order chi connectivity index (χ1) is 13.9. The van der Waals surface area contributed by atoms with Gasteiger partial charge in [-0.2, -0.15) is 52.3 Å². The van der Waals surface area contributed by atoms with E-state index in [4.69, 9.17) is 4.55 Å². The summed E-state index contributed by atoms with van der Waals surface area (Å²) in [4.78, 5) is 22.7. The average molecular weight is 549 g/mol. The molecule has 191 valence electrons. The number of alkyl halides is 12. The zero-order valence-corrected chi connectivity index (χ0v) is 18.5. The van der Waals surface area contributed by atoms with E-state index in [-0.39, 0.29) is 29.6 Å². The van der Waals surface area contributed by atoms with Gasteiger partial charge < -0.3 is 9.47 Å². The first-order valence-corrected chi connectivity index (χ1v) is 8.89. The Balaban J connectivity index is 0. The van der Waals surface area contributed by atoms with Crippen LogP contribution in [0.1, 0.15) is 6.42 Å². The summed E-state index contributed by atoms with van der Waals surface area (Å²) in [5.41, 5.74) is 0. The van der Waals surface area contributed by atoms with Crippen molar-refractivity contribution < 1.29 is 84.7 Å². The number of carbonyl (C=O) groups excluding carboxylic acids is 2. The molecule has 3 atom stereocenters. The number of rotatable bonds is 10. The maximum Gasteiger partial charge on any atom is 0.425 e. The minimum atomic E-state index is -6.15. The predicted molar refractivity (Wildman–Crippen MR) is 79.4 cm³/mol. The van der Waals surface area contributed by atoms with Gasteiger partial charge in [0.15, 0.2) is 18.5 Å². The topological polar surface area (TPSA) is 107 Å². The molecule has 0 aromatic carbocycles. The van der Waals surface area contributed by atoms with Crippen LogP contribution >= 0.6 is 0 Å². The molecule has 33 heavy (non-hydrogen) atoms. The third-order valence-corrected chi connectivity index (χ3v) is 4.20. The number of carbonyl (C=O) groups is 2. The Morgan fingerprint density at radius 1 is 0.758 bits per heavy atom. The van der Waals surface area contributed by atoms with Crippen LogP contribution in [0, 0.1) is 0 Å². The van der Waals surface area contributed by atoms with Crippen LogP contribution in [0.3, 0.4) is 0 Å². The molecule has 3 unspecified atom stereocenters. The second-order valence-electron chi connectivity index (χ2n) is 5.81. The average Bonchev–Trinajstić information content (AvgIpc) is 2.58. The standard InChI is InChI=1S/C12H10F12O7S.Na/c13-7(11(19,20)21)9(15,16)2-30-5(25)1-4(32(27,28)29)6(26)31-3-10(17,18)8(14)12(22,23)24;/h4,7-8H,1-3H2,(H,27,28,29);. The molecule has 0 aliphatic heterocycles. The second-order valence-corrected chi connectivity index (χ2v) is 7.41. The quantitative estimate of drug-likeness (QED) is 0.193. The molecule has 1 N–H and O–H groups in total. The maximum absolute atomic E-state index is 13.0. The third kappa shape index (κ3) is 10.9. The van der Waals surface area contributed by atoms with Crippen molar-refractivity contribution in [3.8, 4) is 0 Å². The van der Waals surface area contributed by atoms with Crippen LogP contribution in [-0.4, -0.2) is 109 Å². The van der Waals surface area contributed by atoms with Crippen LogP contribution in [0.5, 0.6) is 0 Å². The fraction of sp³-hybridized carbons (Fsp3) is 0.833. The van der Waals surface area contributed by atoms with Crippen LogP contribution < -0.4 is 0 Å². The van der Waals surface area contributed by atoms with E-state index in [1.165, 1.54) is 0 Å². The summed E-state index contributed by atoms with van der Waals surface area (Å²) in [6, 6.07) is 0. The van der Waals surface area contributed by atoms with E-state index < -0.39 is 83.5 Å². The van der Waals surface area contributed by atoms with E-state index in [1.807, 2.05) is 0 Å². The van der Waals surface area contributed by atoms with Crippen LogP contribution in [0.15, 0.2) is 0 Å². The molecule has 0 aliphatic carbocycles. The number of esters is 2. The number of halogens is 12. The normalized spacial score (nSPS) is 16.3. The Morgan fingerprint density at radius 2 is 1.09 bits per heavy atom. The largest absolute Gasteiger partial charge is 0.459 e. The van der Waals surface area contributed by atoms with E-state index >= 15 is 0 Å². The fourth-order valence-electron chi connectivity index (χ4n) is 1.58. The first kappa shape index (κ1) is 34.2. The number of hydrogen-bond acceptors (Lipinski definition) is 6. The Hall–Kier alpha value is -0.990. The smallest absolute Gasteiger partial charge is 0.425 e. The van der Waals surface area contributed by atoms with Crippen molar-refractivity contribution in [3.05, 3.63) is 0 Å². The SMILES string of the molecule is O=C(CC(C(=O)OCC(F)(F)C(F)C(F)(F)F)S(=O)(=O)O)OCC(F)(F)C(F)C(F)(F)F.[Na]. The van der Waals surface area contributed by atoms with Gasteiger partial charge in [-0.05, 0) is 0 Å². The van der Waals surface area contributed by atoms with Crippen molar-refractivity contribution >= 4 is 51.6 Å². The van der Waals surface area contributed by atoms with E-state index in [0.29, 0.717) is 0 Å². The van der Waals surface area contributed by atoms with E-state index in [2.05, 4.69) is 9.47 Å². The fourth-order valence-corrected chi connectivity index (χ4v) is 2.24. The van der Waals surface area contributed by atoms with Crippen LogP contribution in [-0.2, 0) is 29.2 Å². The summed E-state index contributed by atoms with van der Waals surface area (Å²) >= 11 is 0. The summed E-state index contributed by atoms with van der Waals surface area (Å²) in [5, 5.41) is -3.31. The molecule has 0 amide bonds. The molecule has 0 fully saturated rings. The molecule has 7 nitrogen and oxygen atoms in total. The van der Waals surface area contributed by atoms with Gasteiger partial charge in [0.05, 0.1) is 6.42 Å². The third-order valence-electron chi connectivity index (χ3n) is 3.12. The molecule has 0 saturated heterocycles. The molecule has 0 aliphatic rings.